The molecule has 0 bridgehead atoms. The lowest BCUT2D eigenvalue weighted by atomic mass is 10.2. The molecular formula is C18H27N5O. The van der Waals surface area contributed by atoms with E-state index in [1.807, 2.05) is 49.1 Å². The van der Waals surface area contributed by atoms with Crippen molar-refractivity contribution in [2.24, 2.45) is 4.99 Å². The SMILES string of the molecule is CN=C(NCCn1cc(C)cn1)NCC(C)Oc1cccc(C)c1. The second kappa shape index (κ2) is 8.96. The summed E-state index contributed by atoms with van der Waals surface area (Å²) >= 11 is 0. The Labute approximate surface area is 143 Å². The highest BCUT2D eigenvalue weighted by Crippen LogP contribution is 2.13. The van der Waals surface area contributed by atoms with Gasteiger partial charge < -0.3 is 15.4 Å². The summed E-state index contributed by atoms with van der Waals surface area (Å²) in [5.41, 5.74) is 2.36. The van der Waals surface area contributed by atoms with E-state index in [4.69, 9.17) is 4.74 Å². The number of nitrogens with one attached hydrogen (secondary N) is 2. The van der Waals surface area contributed by atoms with Gasteiger partial charge in [-0.05, 0) is 44.0 Å². The topological polar surface area (TPSA) is 63.5 Å². The molecule has 0 fully saturated rings. The normalized spacial score (nSPS) is 12.8. The van der Waals surface area contributed by atoms with Crippen molar-refractivity contribution in [3.8, 4) is 5.75 Å². The van der Waals surface area contributed by atoms with Crippen molar-refractivity contribution in [2.45, 2.75) is 33.4 Å². The van der Waals surface area contributed by atoms with Gasteiger partial charge in [-0.3, -0.25) is 9.67 Å². The number of nitrogens with zero attached hydrogens (tertiary/aromatic N) is 3. The van der Waals surface area contributed by atoms with Crippen LogP contribution < -0.4 is 15.4 Å². The molecular weight excluding hydrogens is 302 g/mol. The Balaban J connectivity index is 1.70. The first-order chi connectivity index (χ1) is 11.6. The first kappa shape index (κ1) is 17.8. The van der Waals surface area contributed by atoms with E-state index in [1.165, 1.54) is 11.1 Å². The number of aliphatic imine (C=N–C) groups is 1. The van der Waals surface area contributed by atoms with Crippen molar-refractivity contribution in [2.75, 3.05) is 20.1 Å². The van der Waals surface area contributed by atoms with Crippen LogP contribution in [0.2, 0.25) is 0 Å². The summed E-state index contributed by atoms with van der Waals surface area (Å²) in [4.78, 5) is 4.23. The van der Waals surface area contributed by atoms with Gasteiger partial charge in [-0.1, -0.05) is 12.1 Å². The number of aryl methyl sites for hydroxylation is 2. The minimum Gasteiger partial charge on any atom is -0.489 e. The molecule has 2 rings (SSSR count). The Kier molecular flexibility index (Phi) is 6.66. The van der Waals surface area contributed by atoms with E-state index in [-0.39, 0.29) is 6.10 Å². The molecule has 1 atom stereocenters. The molecule has 0 aliphatic heterocycles. The molecule has 2 aromatic rings. The fraction of sp³-hybridized carbons (Fsp3) is 0.444. The van der Waals surface area contributed by atoms with Crippen molar-refractivity contribution in [1.82, 2.24) is 20.4 Å². The maximum Gasteiger partial charge on any atom is 0.191 e. The molecule has 1 aromatic heterocycles. The molecule has 0 aliphatic carbocycles. The molecule has 130 valence electrons. The molecule has 0 saturated carbocycles. The predicted molar refractivity (Wildman–Crippen MR) is 97.6 cm³/mol. The quantitative estimate of drug-likeness (QED) is 0.603. The first-order valence-electron chi connectivity index (χ1n) is 8.23. The fourth-order valence-electron chi connectivity index (χ4n) is 2.30. The van der Waals surface area contributed by atoms with Crippen molar-refractivity contribution in [3.05, 3.63) is 47.8 Å². The molecule has 1 heterocycles. The highest BCUT2D eigenvalue weighted by atomic mass is 16.5. The Bertz CT molecular complexity index is 665. The zero-order valence-electron chi connectivity index (χ0n) is 14.9. The van der Waals surface area contributed by atoms with Crippen LogP contribution in [0.4, 0.5) is 0 Å². The van der Waals surface area contributed by atoms with Crippen LogP contribution in [0.15, 0.2) is 41.7 Å². The van der Waals surface area contributed by atoms with Crippen LogP contribution in [0.1, 0.15) is 18.1 Å². The minimum absolute atomic E-state index is 0.0408. The van der Waals surface area contributed by atoms with E-state index in [9.17, 15) is 0 Å². The number of aromatic nitrogens is 2. The molecule has 24 heavy (non-hydrogen) atoms. The number of rotatable bonds is 7. The Morgan fingerprint density at radius 3 is 2.79 bits per heavy atom. The summed E-state index contributed by atoms with van der Waals surface area (Å²) in [7, 11) is 1.76. The lowest BCUT2D eigenvalue weighted by Crippen LogP contribution is -2.42. The van der Waals surface area contributed by atoms with Gasteiger partial charge in [0.1, 0.15) is 11.9 Å². The number of hydrogen-bond acceptors (Lipinski definition) is 3. The van der Waals surface area contributed by atoms with E-state index in [0.29, 0.717) is 6.54 Å². The van der Waals surface area contributed by atoms with Gasteiger partial charge >= 0.3 is 0 Å². The zero-order chi connectivity index (χ0) is 17.4. The van der Waals surface area contributed by atoms with Crippen LogP contribution in [-0.4, -0.2) is 42.0 Å². The number of guanidine groups is 1. The van der Waals surface area contributed by atoms with Crippen LogP contribution >= 0.6 is 0 Å². The molecule has 1 aromatic carbocycles. The van der Waals surface area contributed by atoms with Gasteiger partial charge in [0.15, 0.2) is 5.96 Å². The average molecular weight is 329 g/mol. The Hall–Kier alpha value is -2.50. The molecule has 6 heteroatoms. The number of benzene rings is 1. The van der Waals surface area contributed by atoms with Gasteiger partial charge in [0, 0.05) is 19.8 Å². The second-order valence-electron chi connectivity index (χ2n) is 5.91. The van der Waals surface area contributed by atoms with E-state index in [1.54, 1.807) is 7.05 Å². The number of hydrogen-bond donors (Lipinski definition) is 2. The summed E-state index contributed by atoms with van der Waals surface area (Å²) in [6.07, 6.45) is 3.92. The third-order valence-electron chi connectivity index (χ3n) is 3.50. The van der Waals surface area contributed by atoms with E-state index < -0.39 is 0 Å². The molecule has 0 amide bonds. The van der Waals surface area contributed by atoms with Gasteiger partial charge in [-0.25, -0.2) is 0 Å². The van der Waals surface area contributed by atoms with E-state index >= 15 is 0 Å². The highest BCUT2D eigenvalue weighted by Gasteiger charge is 2.06. The summed E-state index contributed by atoms with van der Waals surface area (Å²) in [6.45, 7) is 8.36. The monoisotopic (exact) mass is 329 g/mol. The Morgan fingerprint density at radius 2 is 2.12 bits per heavy atom. The summed E-state index contributed by atoms with van der Waals surface area (Å²) in [5.74, 6) is 1.65. The molecule has 0 radical (unpaired) electrons. The predicted octanol–water partition coefficient (Wildman–Crippen LogP) is 2.13. The molecule has 0 saturated heterocycles. The van der Waals surface area contributed by atoms with Crippen LogP contribution in [0.5, 0.6) is 5.75 Å². The maximum atomic E-state index is 5.91. The van der Waals surface area contributed by atoms with Crippen LogP contribution in [0.25, 0.3) is 0 Å². The molecule has 2 N–H and O–H groups in total. The first-order valence-corrected chi connectivity index (χ1v) is 8.23. The van der Waals surface area contributed by atoms with Gasteiger partial charge in [-0.2, -0.15) is 5.10 Å². The van der Waals surface area contributed by atoms with Crippen molar-refractivity contribution in [1.29, 1.82) is 0 Å². The fourth-order valence-corrected chi connectivity index (χ4v) is 2.30. The van der Waals surface area contributed by atoms with Crippen molar-refractivity contribution >= 4 is 5.96 Å². The third-order valence-corrected chi connectivity index (χ3v) is 3.50. The van der Waals surface area contributed by atoms with Crippen LogP contribution in [-0.2, 0) is 6.54 Å². The largest absolute Gasteiger partial charge is 0.489 e. The maximum absolute atomic E-state index is 5.91. The third kappa shape index (κ3) is 5.95. The molecule has 6 nitrogen and oxygen atoms in total. The van der Waals surface area contributed by atoms with Gasteiger partial charge in [0.25, 0.3) is 0 Å². The van der Waals surface area contributed by atoms with E-state index in [2.05, 4.69) is 33.7 Å². The highest BCUT2D eigenvalue weighted by molar-refractivity contribution is 5.79. The minimum atomic E-state index is 0.0408. The van der Waals surface area contributed by atoms with Gasteiger partial charge in [0.2, 0.25) is 0 Å². The number of ether oxygens (including phenoxy) is 1. The lowest BCUT2D eigenvalue weighted by Gasteiger charge is -2.18. The summed E-state index contributed by atoms with van der Waals surface area (Å²) in [5, 5.41) is 10.8. The average Bonchev–Trinajstić information content (AvgIpc) is 2.96. The molecule has 1 unspecified atom stereocenters. The lowest BCUT2D eigenvalue weighted by molar-refractivity contribution is 0.223. The van der Waals surface area contributed by atoms with Gasteiger partial charge in [-0.15, -0.1) is 0 Å². The summed E-state index contributed by atoms with van der Waals surface area (Å²) < 4.78 is 7.82. The zero-order valence-corrected chi connectivity index (χ0v) is 14.9. The van der Waals surface area contributed by atoms with Crippen LogP contribution in [0.3, 0.4) is 0 Å². The van der Waals surface area contributed by atoms with Crippen molar-refractivity contribution < 1.29 is 4.74 Å². The molecule has 0 aliphatic rings. The van der Waals surface area contributed by atoms with Gasteiger partial charge in [0.05, 0.1) is 19.3 Å². The van der Waals surface area contributed by atoms with E-state index in [0.717, 1.165) is 24.8 Å². The molecule has 0 spiro atoms. The Morgan fingerprint density at radius 1 is 1.29 bits per heavy atom. The smallest absolute Gasteiger partial charge is 0.191 e. The standard InChI is InChI=1S/C18H27N5O/c1-14-6-5-7-17(10-14)24-16(3)12-21-18(19-4)20-8-9-23-13-15(2)11-22-23/h5-7,10-11,13,16H,8-9,12H2,1-4H3,(H2,19,20,21). The second-order valence-corrected chi connectivity index (χ2v) is 5.91. The van der Waals surface area contributed by atoms with Crippen LogP contribution in [0, 0.1) is 13.8 Å². The van der Waals surface area contributed by atoms with Crippen molar-refractivity contribution in [3.63, 3.8) is 0 Å². The summed E-state index contributed by atoms with van der Waals surface area (Å²) in [6, 6.07) is 8.07.